The molecule has 0 radical (unpaired) electrons. The van der Waals surface area contributed by atoms with E-state index in [0.717, 1.165) is 0 Å². The van der Waals surface area contributed by atoms with Crippen LogP contribution in [0.2, 0.25) is 5.02 Å². The molecule has 6 nitrogen and oxygen atoms in total. The van der Waals surface area contributed by atoms with E-state index in [9.17, 15) is 14.4 Å². The number of ketones is 1. The maximum absolute atomic E-state index is 11.3. The molecule has 1 aromatic carbocycles. The molecule has 1 aliphatic heterocycles. The number of carboxylic acids is 1. The number of ether oxygens (including phenoxy) is 1. The van der Waals surface area contributed by atoms with E-state index in [1.54, 1.807) is 0 Å². The van der Waals surface area contributed by atoms with Crippen molar-refractivity contribution in [3.05, 3.63) is 22.7 Å². The molecular weight excluding hydrogens is 250 g/mol. The van der Waals surface area contributed by atoms with Gasteiger partial charge in [0.15, 0.2) is 6.61 Å². The summed E-state index contributed by atoms with van der Waals surface area (Å²) in [5, 5.41) is 11.0. The summed E-state index contributed by atoms with van der Waals surface area (Å²) < 4.78 is 5.05. The Morgan fingerprint density at radius 3 is 2.76 bits per heavy atom. The lowest BCUT2D eigenvalue weighted by molar-refractivity contribution is -0.131. The van der Waals surface area contributed by atoms with Crippen molar-refractivity contribution >= 4 is 34.9 Å². The SMILES string of the molecule is O=C1COc2cc(C(=O)C(=O)O)c(Cl)cc2N1. The van der Waals surface area contributed by atoms with E-state index in [1.165, 1.54) is 12.1 Å². The number of Topliss-reactive ketones (excluding diaryl/α,β-unsaturated/α-hetero) is 1. The summed E-state index contributed by atoms with van der Waals surface area (Å²) in [5.41, 5.74) is 0.141. The largest absolute Gasteiger partial charge is 0.482 e. The molecule has 0 aromatic heterocycles. The molecule has 0 bridgehead atoms. The molecule has 0 atom stereocenters. The molecule has 2 rings (SSSR count). The van der Waals surface area contributed by atoms with Crippen molar-refractivity contribution < 1.29 is 24.2 Å². The van der Waals surface area contributed by atoms with Crippen molar-refractivity contribution in [3.63, 3.8) is 0 Å². The molecule has 0 spiro atoms. The first-order chi connectivity index (χ1) is 7.99. The van der Waals surface area contributed by atoms with Crippen LogP contribution in [0.25, 0.3) is 0 Å². The number of anilines is 1. The van der Waals surface area contributed by atoms with Crippen LogP contribution in [0.5, 0.6) is 5.75 Å². The molecule has 1 aliphatic rings. The summed E-state index contributed by atoms with van der Waals surface area (Å²) in [5.74, 6) is -2.85. The smallest absolute Gasteiger partial charge is 0.377 e. The van der Waals surface area contributed by atoms with Gasteiger partial charge in [-0.25, -0.2) is 4.79 Å². The van der Waals surface area contributed by atoms with E-state index in [2.05, 4.69) is 5.32 Å². The third-order valence-electron chi connectivity index (χ3n) is 2.14. The predicted molar refractivity (Wildman–Crippen MR) is 57.5 cm³/mol. The first kappa shape index (κ1) is 11.4. The molecule has 1 aromatic rings. The Hall–Kier alpha value is -2.08. The van der Waals surface area contributed by atoms with Crippen LogP contribution in [-0.2, 0) is 9.59 Å². The number of nitrogens with one attached hydrogen (secondary N) is 1. The average Bonchev–Trinajstić information content (AvgIpc) is 2.27. The molecule has 0 unspecified atom stereocenters. The highest BCUT2D eigenvalue weighted by Crippen LogP contribution is 2.33. The topological polar surface area (TPSA) is 92.7 Å². The van der Waals surface area contributed by atoms with E-state index in [-0.39, 0.29) is 28.8 Å². The second-order valence-electron chi connectivity index (χ2n) is 3.30. The van der Waals surface area contributed by atoms with E-state index in [4.69, 9.17) is 21.4 Å². The van der Waals surface area contributed by atoms with Crippen LogP contribution in [0.3, 0.4) is 0 Å². The van der Waals surface area contributed by atoms with Crippen molar-refractivity contribution in [2.24, 2.45) is 0 Å². The number of halogens is 1. The molecule has 1 amide bonds. The highest BCUT2D eigenvalue weighted by atomic mass is 35.5. The van der Waals surface area contributed by atoms with Crippen molar-refractivity contribution in [1.82, 2.24) is 0 Å². The molecule has 1 heterocycles. The van der Waals surface area contributed by atoms with Gasteiger partial charge in [0.25, 0.3) is 11.7 Å². The van der Waals surface area contributed by atoms with Crippen LogP contribution in [0.1, 0.15) is 10.4 Å². The minimum atomic E-state index is -1.60. The van der Waals surface area contributed by atoms with Crippen molar-refractivity contribution in [2.45, 2.75) is 0 Å². The minimum absolute atomic E-state index is 0.0537. The summed E-state index contributed by atoms with van der Waals surface area (Å²) in [6, 6.07) is 2.48. The zero-order chi connectivity index (χ0) is 12.6. The summed E-state index contributed by atoms with van der Waals surface area (Å²) in [4.78, 5) is 32.9. The molecule has 17 heavy (non-hydrogen) atoms. The number of carbonyl (C=O) groups excluding carboxylic acids is 2. The molecule has 0 fully saturated rings. The van der Waals surface area contributed by atoms with Crippen LogP contribution < -0.4 is 10.1 Å². The lowest BCUT2D eigenvalue weighted by Crippen LogP contribution is -2.26. The highest BCUT2D eigenvalue weighted by Gasteiger charge is 2.23. The summed E-state index contributed by atoms with van der Waals surface area (Å²) in [6.07, 6.45) is 0. The Labute approximate surface area is 100 Å². The average molecular weight is 256 g/mol. The standard InChI is InChI=1S/C10H6ClNO5/c11-5-2-6-7(17-3-8(13)12-6)1-4(5)9(14)10(15)16/h1-2H,3H2,(H,12,13)(H,15,16). The van der Waals surface area contributed by atoms with E-state index in [0.29, 0.717) is 5.69 Å². The Morgan fingerprint density at radius 1 is 1.41 bits per heavy atom. The number of hydrogen-bond acceptors (Lipinski definition) is 4. The van der Waals surface area contributed by atoms with Gasteiger partial charge in [-0.15, -0.1) is 0 Å². The lowest BCUT2D eigenvalue weighted by atomic mass is 10.1. The number of fused-ring (bicyclic) bond motifs is 1. The van der Waals surface area contributed by atoms with Gasteiger partial charge in [0.1, 0.15) is 5.75 Å². The molecule has 88 valence electrons. The quantitative estimate of drug-likeness (QED) is 0.606. The molecular formula is C10H6ClNO5. The summed E-state index contributed by atoms with van der Waals surface area (Å²) in [6.45, 7) is -0.185. The lowest BCUT2D eigenvalue weighted by Gasteiger charge is -2.18. The van der Waals surface area contributed by atoms with Gasteiger partial charge < -0.3 is 15.2 Å². The number of rotatable bonds is 2. The fourth-order valence-electron chi connectivity index (χ4n) is 1.39. The molecule has 2 N–H and O–H groups in total. The van der Waals surface area contributed by atoms with Crippen LogP contribution in [0.15, 0.2) is 12.1 Å². The zero-order valence-corrected chi connectivity index (χ0v) is 9.08. The van der Waals surface area contributed by atoms with Gasteiger partial charge in [0.05, 0.1) is 16.3 Å². The Bertz CT molecular complexity index is 540. The fourth-order valence-corrected chi connectivity index (χ4v) is 1.64. The highest BCUT2D eigenvalue weighted by molar-refractivity contribution is 6.45. The van der Waals surface area contributed by atoms with E-state index in [1.807, 2.05) is 0 Å². The Balaban J connectivity index is 2.48. The van der Waals surface area contributed by atoms with Gasteiger partial charge in [0.2, 0.25) is 0 Å². The first-order valence-electron chi connectivity index (χ1n) is 4.53. The number of benzene rings is 1. The van der Waals surface area contributed by atoms with Crippen LogP contribution >= 0.6 is 11.6 Å². The second-order valence-corrected chi connectivity index (χ2v) is 3.71. The van der Waals surface area contributed by atoms with Gasteiger partial charge >= 0.3 is 5.97 Å². The maximum Gasteiger partial charge on any atom is 0.377 e. The van der Waals surface area contributed by atoms with Gasteiger partial charge in [-0.2, -0.15) is 0 Å². The molecule has 0 aliphatic carbocycles. The predicted octanol–water partition coefficient (Wildman–Crippen LogP) is 0.938. The molecule has 0 saturated carbocycles. The fraction of sp³-hybridized carbons (Fsp3) is 0.100. The third kappa shape index (κ3) is 2.07. The third-order valence-corrected chi connectivity index (χ3v) is 2.45. The number of hydrogen-bond donors (Lipinski definition) is 2. The number of carbonyl (C=O) groups is 3. The summed E-state index contributed by atoms with van der Waals surface area (Å²) >= 11 is 5.76. The second kappa shape index (κ2) is 4.06. The first-order valence-corrected chi connectivity index (χ1v) is 4.90. The maximum atomic E-state index is 11.3. The monoisotopic (exact) mass is 255 g/mol. The summed E-state index contributed by atoms with van der Waals surface area (Å²) in [7, 11) is 0. The van der Waals surface area contributed by atoms with Gasteiger partial charge in [-0.05, 0) is 12.1 Å². The van der Waals surface area contributed by atoms with Crippen molar-refractivity contribution in [1.29, 1.82) is 0 Å². The normalized spacial score (nSPS) is 13.4. The number of amides is 1. The Morgan fingerprint density at radius 2 is 2.12 bits per heavy atom. The molecule has 7 heteroatoms. The van der Waals surface area contributed by atoms with E-state index < -0.39 is 11.8 Å². The zero-order valence-electron chi connectivity index (χ0n) is 8.32. The van der Waals surface area contributed by atoms with Gasteiger partial charge in [-0.3, -0.25) is 9.59 Å². The van der Waals surface area contributed by atoms with Crippen LogP contribution in [0, 0.1) is 0 Å². The van der Waals surface area contributed by atoms with Crippen LogP contribution in [0.4, 0.5) is 5.69 Å². The van der Waals surface area contributed by atoms with E-state index >= 15 is 0 Å². The van der Waals surface area contributed by atoms with Gasteiger partial charge in [-0.1, -0.05) is 11.6 Å². The number of carboxylic acid groups (broad SMARTS) is 1. The van der Waals surface area contributed by atoms with Gasteiger partial charge in [0, 0.05) is 0 Å². The minimum Gasteiger partial charge on any atom is -0.482 e. The van der Waals surface area contributed by atoms with Crippen molar-refractivity contribution in [2.75, 3.05) is 11.9 Å². The molecule has 0 saturated heterocycles. The van der Waals surface area contributed by atoms with Crippen LogP contribution in [-0.4, -0.2) is 29.4 Å². The Kier molecular flexibility index (Phi) is 2.72. The number of aliphatic carboxylic acids is 1. The van der Waals surface area contributed by atoms with Crippen molar-refractivity contribution in [3.8, 4) is 5.75 Å².